The van der Waals surface area contributed by atoms with E-state index in [1.165, 1.54) is 12.1 Å². The number of ether oxygens (including phenoxy) is 4. The molecule has 31 heavy (non-hydrogen) atoms. The van der Waals surface area contributed by atoms with Gasteiger partial charge in [-0.1, -0.05) is 17.7 Å². The minimum absolute atomic E-state index is 0.118. The van der Waals surface area contributed by atoms with Gasteiger partial charge >= 0.3 is 17.9 Å². The fourth-order valence-corrected chi connectivity index (χ4v) is 3.85. The lowest BCUT2D eigenvalue weighted by atomic mass is 9.98. The van der Waals surface area contributed by atoms with Crippen LogP contribution in [0.2, 0.25) is 0 Å². The van der Waals surface area contributed by atoms with Crippen molar-refractivity contribution in [3.63, 3.8) is 0 Å². The molecule has 0 radical (unpaired) electrons. The van der Waals surface area contributed by atoms with Crippen LogP contribution in [0.5, 0.6) is 0 Å². The molecule has 1 aliphatic heterocycles. The molecular weight excluding hydrogens is 436 g/mol. The van der Waals surface area contributed by atoms with E-state index in [9.17, 15) is 27.9 Å². The van der Waals surface area contributed by atoms with Crippen LogP contribution in [0.4, 0.5) is 0 Å². The van der Waals surface area contributed by atoms with Crippen molar-refractivity contribution in [1.82, 2.24) is 0 Å². The average molecular weight is 460 g/mol. The molecule has 12 heteroatoms. The van der Waals surface area contributed by atoms with Crippen LogP contribution in [0.25, 0.3) is 0 Å². The first-order valence-corrected chi connectivity index (χ1v) is 10.6. The molecule has 0 spiro atoms. The molecule has 1 aliphatic rings. The minimum Gasteiger partial charge on any atom is -0.456 e. The molecule has 0 aliphatic carbocycles. The Labute approximate surface area is 179 Å². The monoisotopic (exact) mass is 460 g/mol. The van der Waals surface area contributed by atoms with Gasteiger partial charge in [0.05, 0.1) is 11.5 Å². The summed E-state index contributed by atoms with van der Waals surface area (Å²) < 4.78 is 50.5. The van der Waals surface area contributed by atoms with E-state index < -0.39 is 65.3 Å². The van der Waals surface area contributed by atoms with E-state index >= 15 is 0 Å². The van der Waals surface area contributed by atoms with E-state index in [1.807, 2.05) is 0 Å². The fourth-order valence-electron chi connectivity index (χ4n) is 2.94. The van der Waals surface area contributed by atoms with Crippen LogP contribution < -0.4 is 0 Å². The molecule has 2 unspecified atom stereocenters. The molecule has 1 heterocycles. The SMILES string of the molecule is CC(=O)OC1[C@H](O)OC(COS(=O)(=O)c2ccc(C)cc2)[C@@H](OC(C)=O)[C@@H]1OC(C)=O. The van der Waals surface area contributed by atoms with Crippen LogP contribution in [0.15, 0.2) is 29.2 Å². The van der Waals surface area contributed by atoms with Gasteiger partial charge in [0.25, 0.3) is 10.1 Å². The summed E-state index contributed by atoms with van der Waals surface area (Å²) >= 11 is 0. The molecule has 0 bridgehead atoms. The Morgan fingerprint density at radius 2 is 1.39 bits per heavy atom. The van der Waals surface area contributed by atoms with E-state index in [-0.39, 0.29) is 4.90 Å². The van der Waals surface area contributed by atoms with Crippen molar-refractivity contribution in [2.24, 2.45) is 0 Å². The molecule has 1 aromatic rings. The maximum Gasteiger partial charge on any atom is 0.303 e. The first kappa shape index (κ1) is 24.7. The number of rotatable bonds is 7. The largest absolute Gasteiger partial charge is 0.456 e. The number of aliphatic hydroxyl groups is 1. The molecule has 1 saturated heterocycles. The summed E-state index contributed by atoms with van der Waals surface area (Å²) in [6.45, 7) is 4.28. The molecule has 1 N–H and O–H groups in total. The number of carbonyl (C=O) groups is 3. The maximum absolute atomic E-state index is 12.5. The topological polar surface area (TPSA) is 152 Å². The van der Waals surface area contributed by atoms with Gasteiger partial charge < -0.3 is 24.1 Å². The molecule has 2 rings (SSSR count). The summed E-state index contributed by atoms with van der Waals surface area (Å²) in [5, 5.41) is 10.3. The van der Waals surface area contributed by atoms with E-state index in [2.05, 4.69) is 0 Å². The number of esters is 3. The third-order valence-corrected chi connectivity index (χ3v) is 5.51. The van der Waals surface area contributed by atoms with Crippen molar-refractivity contribution < 1.29 is 51.0 Å². The highest BCUT2D eigenvalue weighted by Crippen LogP contribution is 2.29. The third kappa shape index (κ3) is 6.72. The molecule has 172 valence electrons. The van der Waals surface area contributed by atoms with Crippen molar-refractivity contribution in [2.75, 3.05) is 6.61 Å². The summed E-state index contributed by atoms with van der Waals surface area (Å²) in [6, 6.07) is 5.87. The van der Waals surface area contributed by atoms with Crippen LogP contribution >= 0.6 is 0 Å². The summed E-state index contributed by atoms with van der Waals surface area (Å²) in [5.41, 5.74) is 0.841. The smallest absolute Gasteiger partial charge is 0.303 e. The Morgan fingerprint density at radius 1 is 0.903 bits per heavy atom. The van der Waals surface area contributed by atoms with E-state index in [0.717, 1.165) is 26.3 Å². The van der Waals surface area contributed by atoms with Gasteiger partial charge in [0.2, 0.25) is 0 Å². The van der Waals surface area contributed by atoms with Gasteiger partial charge in [-0.2, -0.15) is 8.42 Å². The quantitative estimate of drug-likeness (QED) is 0.338. The Balaban J connectivity index is 2.29. The van der Waals surface area contributed by atoms with Gasteiger partial charge in [-0.15, -0.1) is 0 Å². The molecule has 11 nitrogen and oxygen atoms in total. The number of aliphatic hydroxyl groups excluding tert-OH is 1. The number of hydrogen-bond donors (Lipinski definition) is 1. The van der Waals surface area contributed by atoms with Gasteiger partial charge in [0.15, 0.2) is 24.6 Å². The second-order valence-corrected chi connectivity index (χ2v) is 8.45. The highest BCUT2D eigenvalue weighted by molar-refractivity contribution is 7.86. The lowest BCUT2D eigenvalue weighted by molar-refractivity contribution is -0.294. The van der Waals surface area contributed by atoms with Crippen molar-refractivity contribution in [3.05, 3.63) is 29.8 Å². The maximum atomic E-state index is 12.5. The third-order valence-electron chi connectivity index (χ3n) is 4.21. The number of hydrogen-bond acceptors (Lipinski definition) is 11. The van der Waals surface area contributed by atoms with Gasteiger partial charge in [-0.05, 0) is 19.1 Å². The Bertz CT molecular complexity index is 909. The Morgan fingerprint density at radius 3 is 1.90 bits per heavy atom. The molecule has 0 saturated carbocycles. The van der Waals surface area contributed by atoms with Crippen LogP contribution in [0.1, 0.15) is 26.3 Å². The summed E-state index contributed by atoms with van der Waals surface area (Å²) in [4.78, 5) is 34.4. The first-order chi connectivity index (χ1) is 14.4. The normalized spacial score (nSPS) is 26.0. The summed E-state index contributed by atoms with van der Waals surface area (Å²) in [6.07, 6.45) is -7.59. The molecule has 1 fully saturated rings. The van der Waals surface area contributed by atoms with Gasteiger partial charge in [0, 0.05) is 20.8 Å². The van der Waals surface area contributed by atoms with Gasteiger partial charge in [-0.3, -0.25) is 18.6 Å². The van der Waals surface area contributed by atoms with Crippen molar-refractivity contribution in [1.29, 1.82) is 0 Å². The van der Waals surface area contributed by atoms with Crippen LogP contribution in [0.3, 0.4) is 0 Å². The lowest BCUT2D eigenvalue weighted by Gasteiger charge is -2.42. The zero-order chi connectivity index (χ0) is 23.3. The number of aryl methyl sites for hydroxylation is 1. The summed E-state index contributed by atoms with van der Waals surface area (Å²) in [7, 11) is -4.21. The number of carbonyl (C=O) groups excluding carboxylic acids is 3. The Kier molecular flexibility index (Phi) is 8.12. The zero-order valence-corrected chi connectivity index (χ0v) is 18.2. The molecule has 1 aromatic carbocycles. The van der Waals surface area contributed by atoms with Crippen molar-refractivity contribution in [3.8, 4) is 0 Å². The molecule has 0 aromatic heterocycles. The van der Waals surface area contributed by atoms with Crippen molar-refractivity contribution in [2.45, 2.75) is 63.3 Å². The predicted molar refractivity (Wildman–Crippen MR) is 102 cm³/mol. The zero-order valence-electron chi connectivity index (χ0n) is 17.3. The lowest BCUT2D eigenvalue weighted by Crippen LogP contribution is -2.62. The minimum atomic E-state index is -4.21. The number of benzene rings is 1. The van der Waals surface area contributed by atoms with Crippen LogP contribution in [0, 0.1) is 6.92 Å². The second kappa shape index (κ2) is 10.2. The van der Waals surface area contributed by atoms with Crippen LogP contribution in [-0.4, -0.2) is 68.7 Å². The van der Waals surface area contributed by atoms with Crippen molar-refractivity contribution >= 4 is 28.0 Å². The fraction of sp³-hybridized carbons (Fsp3) is 0.526. The van der Waals surface area contributed by atoms with E-state index in [1.54, 1.807) is 19.1 Å². The average Bonchev–Trinajstić information content (AvgIpc) is 2.65. The van der Waals surface area contributed by atoms with Gasteiger partial charge in [0.1, 0.15) is 6.10 Å². The van der Waals surface area contributed by atoms with E-state index in [4.69, 9.17) is 23.1 Å². The summed E-state index contributed by atoms with van der Waals surface area (Å²) in [5.74, 6) is -2.45. The van der Waals surface area contributed by atoms with Gasteiger partial charge in [-0.25, -0.2) is 0 Å². The highest BCUT2D eigenvalue weighted by atomic mass is 32.2. The molecule has 5 atom stereocenters. The molecule has 0 amide bonds. The van der Waals surface area contributed by atoms with Crippen LogP contribution in [-0.2, 0) is 47.6 Å². The standard InChI is InChI=1S/C19H24O11S/c1-10-5-7-14(8-6-10)31(24,25)26-9-15-16(27-11(2)20)17(28-12(3)21)18(19(23)30-15)29-13(4)22/h5-8,15-19,23H,9H2,1-4H3/t15?,16-,17+,18?,19-/m1/s1. The second-order valence-electron chi connectivity index (χ2n) is 6.84. The van der Waals surface area contributed by atoms with E-state index in [0.29, 0.717) is 0 Å². The Hall–Kier alpha value is -2.54. The molecular formula is C19H24O11S. The predicted octanol–water partition coefficient (Wildman–Crippen LogP) is 0.213. The first-order valence-electron chi connectivity index (χ1n) is 9.22. The highest BCUT2D eigenvalue weighted by Gasteiger charge is 2.51.